The van der Waals surface area contributed by atoms with Crippen molar-refractivity contribution in [2.45, 2.75) is 19.1 Å². The molecule has 2 atom stereocenters. The Kier molecular flexibility index (Phi) is 3.34. The molecule has 2 rings (SSSR count). The first kappa shape index (κ1) is 12.7. The number of aliphatic hydroxyl groups excluding tert-OH is 1. The van der Waals surface area contributed by atoms with E-state index in [0.717, 1.165) is 5.56 Å². The zero-order chi connectivity index (χ0) is 12.6. The lowest BCUT2D eigenvalue weighted by Gasteiger charge is -2.17. The number of aryl methyl sites for hydroxylation is 1. The molecule has 0 bridgehead atoms. The maximum atomic E-state index is 11.3. The number of benzene rings is 1. The smallest absolute Gasteiger partial charge is 0.155 e. The van der Waals surface area contributed by atoms with E-state index in [9.17, 15) is 13.5 Å². The van der Waals surface area contributed by atoms with Gasteiger partial charge in [0.05, 0.1) is 34.4 Å². The van der Waals surface area contributed by atoms with E-state index in [4.69, 9.17) is 11.6 Å². The summed E-state index contributed by atoms with van der Waals surface area (Å²) in [6, 6.07) is 4.97. The van der Waals surface area contributed by atoms with Crippen molar-refractivity contribution in [3.8, 4) is 0 Å². The minimum atomic E-state index is -3.14. The molecule has 0 aliphatic carbocycles. The SMILES string of the molecule is Cc1ccc(N[C@@H]2CS(=O)(=O)C[C@H]2O)c(Cl)c1. The Morgan fingerprint density at radius 2 is 2.12 bits per heavy atom. The Bertz CT molecular complexity index is 530. The largest absolute Gasteiger partial charge is 0.390 e. The summed E-state index contributed by atoms with van der Waals surface area (Å²) in [5, 5.41) is 13.2. The third-order valence-electron chi connectivity index (χ3n) is 2.79. The van der Waals surface area contributed by atoms with Crippen molar-refractivity contribution < 1.29 is 13.5 Å². The molecule has 0 spiro atoms. The van der Waals surface area contributed by atoms with Crippen molar-refractivity contribution in [3.05, 3.63) is 28.8 Å². The van der Waals surface area contributed by atoms with Crippen LogP contribution in [0, 0.1) is 6.92 Å². The molecule has 94 valence electrons. The highest BCUT2D eigenvalue weighted by Crippen LogP contribution is 2.25. The molecule has 4 nitrogen and oxygen atoms in total. The van der Waals surface area contributed by atoms with Gasteiger partial charge in [-0.2, -0.15) is 0 Å². The Morgan fingerprint density at radius 1 is 1.41 bits per heavy atom. The van der Waals surface area contributed by atoms with E-state index in [1.807, 2.05) is 13.0 Å². The number of anilines is 1. The van der Waals surface area contributed by atoms with Gasteiger partial charge in [0.2, 0.25) is 0 Å². The van der Waals surface area contributed by atoms with Crippen LogP contribution in [-0.2, 0) is 9.84 Å². The van der Waals surface area contributed by atoms with Crippen LogP contribution in [0.15, 0.2) is 18.2 Å². The molecular formula is C11H14ClNO3S. The Balaban J connectivity index is 2.17. The number of nitrogens with one attached hydrogen (secondary N) is 1. The molecule has 1 aromatic rings. The molecule has 0 radical (unpaired) electrons. The molecule has 1 heterocycles. The summed E-state index contributed by atoms with van der Waals surface area (Å²) in [6.45, 7) is 1.92. The van der Waals surface area contributed by atoms with Crippen LogP contribution in [0.1, 0.15) is 5.56 Å². The van der Waals surface area contributed by atoms with Gasteiger partial charge >= 0.3 is 0 Å². The molecule has 1 fully saturated rings. The van der Waals surface area contributed by atoms with Crippen LogP contribution >= 0.6 is 11.6 Å². The molecule has 1 aliphatic rings. The van der Waals surface area contributed by atoms with Gasteiger partial charge in [-0.1, -0.05) is 17.7 Å². The molecule has 0 amide bonds. The highest BCUT2D eigenvalue weighted by molar-refractivity contribution is 7.91. The van der Waals surface area contributed by atoms with Gasteiger partial charge in [-0.05, 0) is 24.6 Å². The zero-order valence-corrected chi connectivity index (χ0v) is 10.9. The first-order chi connectivity index (χ1) is 7.87. The van der Waals surface area contributed by atoms with E-state index in [1.54, 1.807) is 12.1 Å². The number of halogens is 1. The predicted molar refractivity (Wildman–Crippen MR) is 68.3 cm³/mol. The molecule has 0 unspecified atom stereocenters. The molecule has 1 saturated heterocycles. The van der Waals surface area contributed by atoms with Crippen molar-refractivity contribution in [2.24, 2.45) is 0 Å². The van der Waals surface area contributed by atoms with Gasteiger partial charge in [0, 0.05) is 0 Å². The fraction of sp³-hybridized carbons (Fsp3) is 0.455. The van der Waals surface area contributed by atoms with Crippen molar-refractivity contribution in [1.82, 2.24) is 0 Å². The van der Waals surface area contributed by atoms with Crippen molar-refractivity contribution >= 4 is 27.1 Å². The van der Waals surface area contributed by atoms with Gasteiger partial charge in [-0.25, -0.2) is 8.42 Å². The summed E-state index contributed by atoms with van der Waals surface area (Å²) >= 11 is 6.03. The fourth-order valence-electron chi connectivity index (χ4n) is 1.90. The molecule has 17 heavy (non-hydrogen) atoms. The zero-order valence-electron chi connectivity index (χ0n) is 9.35. The lowest BCUT2D eigenvalue weighted by Crippen LogP contribution is -2.31. The third-order valence-corrected chi connectivity index (χ3v) is 4.82. The number of rotatable bonds is 2. The normalized spacial score (nSPS) is 27.0. The molecule has 0 aromatic heterocycles. The molecule has 1 aliphatic heterocycles. The Hall–Kier alpha value is -0.780. The second kappa shape index (κ2) is 4.48. The number of hydrogen-bond acceptors (Lipinski definition) is 4. The second-order valence-corrected chi connectivity index (χ2v) is 6.94. The number of aliphatic hydroxyl groups is 1. The lowest BCUT2D eigenvalue weighted by atomic mass is 10.2. The van der Waals surface area contributed by atoms with Gasteiger partial charge in [-0.3, -0.25) is 0 Å². The van der Waals surface area contributed by atoms with Gasteiger partial charge < -0.3 is 10.4 Å². The number of sulfone groups is 1. The molecular weight excluding hydrogens is 262 g/mol. The van der Waals surface area contributed by atoms with Crippen LogP contribution in [0.3, 0.4) is 0 Å². The first-order valence-corrected chi connectivity index (χ1v) is 7.48. The average molecular weight is 276 g/mol. The third kappa shape index (κ3) is 2.91. The van der Waals surface area contributed by atoms with Gasteiger partial charge in [0.25, 0.3) is 0 Å². The van der Waals surface area contributed by atoms with E-state index in [2.05, 4.69) is 5.32 Å². The van der Waals surface area contributed by atoms with Gasteiger partial charge in [-0.15, -0.1) is 0 Å². The summed E-state index contributed by atoms with van der Waals surface area (Å²) in [4.78, 5) is 0. The summed E-state index contributed by atoms with van der Waals surface area (Å²) in [5.41, 5.74) is 1.68. The molecule has 0 saturated carbocycles. The quantitative estimate of drug-likeness (QED) is 0.852. The summed E-state index contributed by atoms with van der Waals surface area (Å²) in [7, 11) is -3.14. The Labute approximate surface area is 106 Å². The van der Waals surface area contributed by atoms with Crippen LogP contribution < -0.4 is 5.32 Å². The highest BCUT2D eigenvalue weighted by atomic mass is 35.5. The predicted octanol–water partition coefficient (Wildman–Crippen LogP) is 1.22. The van der Waals surface area contributed by atoms with E-state index in [-0.39, 0.29) is 11.5 Å². The standard InChI is InChI=1S/C11H14ClNO3S/c1-7-2-3-9(8(12)4-7)13-10-5-17(15,16)6-11(10)14/h2-4,10-11,13-14H,5-6H2,1H3/t10-,11-/m1/s1. The monoisotopic (exact) mass is 275 g/mol. The number of hydrogen-bond donors (Lipinski definition) is 2. The van der Waals surface area contributed by atoms with Gasteiger partial charge in [0.1, 0.15) is 0 Å². The van der Waals surface area contributed by atoms with Crippen LogP contribution in [0.4, 0.5) is 5.69 Å². The molecule has 1 aromatic carbocycles. The first-order valence-electron chi connectivity index (χ1n) is 5.28. The van der Waals surface area contributed by atoms with Crippen LogP contribution in [0.25, 0.3) is 0 Å². The summed E-state index contributed by atoms with van der Waals surface area (Å²) < 4.78 is 22.7. The summed E-state index contributed by atoms with van der Waals surface area (Å²) in [6.07, 6.45) is -0.877. The minimum Gasteiger partial charge on any atom is -0.390 e. The molecule has 6 heteroatoms. The highest BCUT2D eigenvalue weighted by Gasteiger charge is 2.36. The average Bonchev–Trinajstić information content (AvgIpc) is 2.44. The van der Waals surface area contributed by atoms with Crippen molar-refractivity contribution in [1.29, 1.82) is 0 Å². The molecule has 2 N–H and O–H groups in total. The topological polar surface area (TPSA) is 66.4 Å². The van der Waals surface area contributed by atoms with E-state index < -0.39 is 22.0 Å². The van der Waals surface area contributed by atoms with E-state index in [1.165, 1.54) is 0 Å². The lowest BCUT2D eigenvalue weighted by molar-refractivity contribution is 0.190. The van der Waals surface area contributed by atoms with Crippen LogP contribution in [0.5, 0.6) is 0 Å². The van der Waals surface area contributed by atoms with Crippen LogP contribution in [-0.4, -0.2) is 37.2 Å². The maximum absolute atomic E-state index is 11.3. The van der Waals surface area contributed by atoms with Crippen molar-refractivity contribution in [2.75, 3.05) is 16.8 Å². The summed E-state index contributed by atoms with van der Waals surface area (Å²) in [5.74, 6) is -0.244. The van der Waals surface area contributed by atoms with Gasteiger partial charge in [0.15, 0.2) is 9.84 Å². The van der Waals surface area contributed by atoms with Crippen molar-refractivity contribution in [3.63, 3.8) is 0 Å². The van der Waals surface area contributed by atoms with E-state index in [0.29, 0.717) is 10.7 Å². The fourth-order valence-corrected chi connectivity index (χ4v) is 3.93. The Morgan fingerprint density at radius 3 is 2.65 bits per heavy atom. The minimum absolute atomic E-state index is 0.0572. The van der Waals surface area contributed by atoms with Crippen LogP contribution in [0.2, 0.25) is 5.02 Å². The van der Waals surface area contributed by atoms with E-state index >= 15 is 0 Å². The second-order valence-electron chi connectivity index (χ2n) is 4.38. The maximum Gasteiger partial charge on any atom is 0.155 e.